The van der Waals surface area contributed by atoms with Crippen LogP contribution < -0.4 is 5.32 Å². The first-order valence-electron chi connectivity index (χ1n) is 5.88. The zero-order valence-corrected chi connectivity index (χ0v) is 10.3. The highest BCUT2D eigenvalue weighted by Gasteiger charge is 2.35. The fourth-order valence-corrected chi connectivity index (χ4v) is 2.19. The third kappa shape index (κ3) is 2.40. The minimum absolute atomic E-state index is 0.305. The molecule has 1 N–H and O–H groups in total. The van der Waals surface area contributed by atoms with Crippen molar-refractivity contribution in [1.82, 2.24) is 15.2 Å². The number of likely N-dealkylation sites (tertiary alicyclic amines) is 1. The third-order valence-corrected chi connectivity index (χ3v) is 3.14. The molecule has 0 aliphatic carbocycles. The molecular formula is C12H13F2N3O2. The SMILES string of the molecule is CNC(=O)C1CCCN1C(=O)c1ccnc(F)c1F. The van der Waals surface area contributed by atoms with Crippen molar-refractivity contribution in [2.24, 2.45) is 0 Å². The average Bonchev–Trinajstić information content (AvgIpc) is 2.89. The number of carbonyl (C=O) groups is 2. The van der Waals surface area contributed by atoms with Gasteiger partial charge in [-0.05, 0) is 18.9 Å². The van der Waals surface area contributed by atoms with E-state index in [1.807, 2.05) is 0 Å². The largest absolute Gasteiger partial charge is 0.357 e. The van der Waals surface area contributed by atoms with Gasteiger partial charge in [0.1, 0.15) is 6.04 Å². The van der Waals surface area contributed by atoms with Crippen molar-refractivity contribution in [3.05, 3.63) is 29.6 Å². The summed E-state index contributed by atoms with van der Waals surface area (Å²) in [6, 6.07) is 0.480. The van der Waals surface area contributed by atoms with Crippen molar-refractivity contribution < 1.29 is 18.4 Å². The number of likely N-dealkylation sites (N-methyl/N-ethyl adjacent to an activating group) is 1. The van der Waals surface area contributed by atoms with Gasteiger partial charge < -0.3 is 10.2 Å². The quantitative estimate of drug-likeness (QED) is 0.804. The van der Waals surface area contributed by atoms with Gasteiger partial charge in [-0.15, -0.1) is 0 Å². The van der Waals surface area contributed by atoms with Crippen LogP contribution in [0.4, 0.5) is 8.78 Å². The highest BCUT2D eigenvalue weighted by Crippen LogP contribution is 2.21. The zero-order valence-electron chi connectivity index (χ0n) is 10.3. The molecule has 1 atom stereocenters. The monoisotopic (exact) mass is 269 g/mol. The summed E-state index contributed by atoms with van der Waals surface area (Å²) >= 11 is 0. The van der Waals surface area contributed by atoms with Crippen LogP contribution in [0.2, 0.25) is 0 Å². The molecule has 1 fully saturated rings. The van der Waals surface area contributed by atoms with E-state index < -0.39 is 29.3 Å². The van der Waals surface area contributed by atoms with Gasteiger partial charge in [0.05, 0.1) is 5.56 Å². The Labute approximate surface area is 108 Å². The molecule has 0 spiro atoms. The molecular weight excluding hydrogens is 256 g/mol. The van der Waals surface area contributed by atoms with Gasteiger partial charge in [-0.25, -0.2) is 9.37 Å². The van der Waals surface area contributed by atoms with E-state index in [4.69, 9.17) is 0 Å². The third-order valence-electron chi connectivity index (χ3n) is 3.14. The van der Waals surface area contributed by atoms with E-state index in [-0.39, 0.29) is 5.91 Å². The number of carbonyl (C=O) groups excluding carboxylic acids is 2. The number of amides is 2. The van der Waals surface area contributed by atoms with Gasteiger partial charge in [0.2, 0.25) is 11.9 Å². The summed E-state index contributed by atoms with van der Waals surface area (Å²) in [6.07, 6.45) is 2.19. The molecule has 7 heteroatoms. The van der Waals surface area contributed by atoms with E-state index in [1.54, 1.807) is 0 Å². The normalized spacial score (nSPS) is 18.5. The molecule has 0 aromatic carbocycles. The van der Waals surface area contributed by atoms with E-state index in [0.717, 1.165) is 12.3 Å². The second-order valence-electron chi connectivity index (χ2n) is 4.23. The highest BCUT2D eigenvalue weighted by molar-refractivity contribution is 5.98. The van der Waals surface area contributed by atoms with Crippen molar-refractivity contribution in [2.45, 2.75) is 18.9 Å². The Bertz CT molecular complexity index is 522. The predicted molar refractivity (Wildman–Crippen MR) is 62.3 cm³/mol. The lowest BCUT2D eigenvalue weighted by atomic mass is 10.1. The van der Waals surface area contributed by atoms with Crippen LogP contribution >= 0.6 is 0 Å². The van der Waals surface area contributed by atoms with Gasteiger partial charge in [0.15, 0.2) is 5.82 Å². The fourth-order valence-electron chi connectivity index (χ4n) is 2.19. The summed E-state index contributed by atoms with van der Waals surface area (Å²) < 4.78 is 26.5. The van der Waals surface area contributed by atoms with Gasteiger partial charge >= 0.3 is 0 Å². The maximum absolute atomic E-state index is 13.5. The molecule has 102 valence electrons. The molecule has 2 rings (SSSR count). The number of nitrogens with one attached hydrogen (secondary N) is 1. The second kappa shape index (κ2) is 5.29. The summed E-state index contributed by atoms with van der Waals surface area (Å²) in [7, 11) is 1.47. The van der Waals surface area contributed by atoms with E-state index in [1.165, 1.54) is 11.9 Å². The topological polar surface area (TPSA) is 62.3 Å². The smallest absolute Gasteiger partial charge is 0.257 e. The number of hydrogen-bond acceptors (Lipinski definition) is 3. The number of halogens is 2. The number of hydrogen-bond donors (Lipinski definition) is 1. The molecule has 0 bridgehead atoms. The fraction of sp³-hybridized carbons (Fsp3) is 0.417. The van der Waals surface area contributed by atoms with Crippen molar-refractivity contribution in [2.75, 3.05) is 13.6 Å². The van der Waals surface area contributed by atoms with Crippen LogP contribution in [0.15, 0.2) is 12.3 Å². The summed E-state index contributed by atoms with van der Waals surface area (Å²) in [6.45, 7) is 0.348. The summed E-state index contributed by atoms with van der Waals surface area (Å²) in [5, 5.41) is 2.46. The maximum Gasteiger partial charge on any atom is 0.257 e. The van der Waals surface area contributed by atoms with E-state index in [2.05, 4.69) is 10.3 Å². The number of aromatic nitrogens is 1. The standard InChI is InChI=1S/C12H13F2N3O2/c1-15-11(18)8-3-2-6-17(8)12(19)7-4-5-16-10(14)9(7)13/h4-5,8H,2-3,6H2,1H3,(H,15,18). The molecule has 1 aliphatic heterocycles. The van der Waals surface area contributed by atoms with Gasteiger partial charge in [-0.1, -0.05) is 0 Å². The molecule has 1 aliphatic rings. The van der Waals surface area contributed by atoms with Crippen LogP contribution in [0.5, 0.6) is 0 Å². The lowest BCUT2D eigenvalue weighted by molar-refractivity contribution is -0.124. The number of rotatable bonds is 2. The first kappa shape index (κ1) is 13.4. The lowest BCUT2D eigenvalue weighted by Gasteiger charge is -2.23. The van der Waals surface area contributed by atoms with Crippen LogP contribution in [-0.4, -0.2) is 41.3 Å². The first-order valence-corrected chi connectivity index (χ1v) is 5.88. The minimum atomic E-state index is -1.32. The van der Waals surface area contributed by atoms with Crippen molar-refractivity contribution in [3.8, 4) is 0 Å². The van der Waals surface area contributed by atoms with E-state index in [0.29, 0.717) is 19.4 Å². The van der Waals surface area contributed by atoms with Crippen LogP contribution in [-0.2, 0) is 4.79 Å². The average molecular weight is 269 g/mol. The summed E-state index contributed by atoms with van der Waals surface area (Å²) in [5.41, 5.74) is -0.400. The van der Waals surface area contributed by atoms with Crippen LogP contribution in [0, 0.1) is 11.8 Å². The van der Waals surface area contributed by atoms with Crippen LogP contribution in [0.1, 0.15) is 23.2 Å². The Hall–Kier alpha value is -2.05. The molecule has 1 aromatic heterocycles. The molecule has 1 aromatic rings. The molecule has 1 saturated heterocycles. The first-order chi connectivity index (χ1) is 9.06. The van der Waals surface area contributed by atoms with Crippen LogP contribution in [0.25, 0.3) is 0 Å². The van der Waals surface area contributed by atoms with Gasteiger partial charge in [0, 0.05) is 19.8 Å². The van der Waals surface area contributed by atoms with Crippen molar-refractivity contribution >= 4 is 11.8 Å². The van der Waals surface area contributed by atoms with E-state index in [9.17, 15) is 18.4 Å². The Morgan fingerprint density at radius 1 is 1.47 bits per heavy atom. The Morgan fingerprint density at radius 2 is 2.21 bits per heavy atom. The minimum Gasteiger partial charge on any atom is -0.357 e. The van der Waals surface area contributed by atoms with Crippen LogP contribution in [0.3, 0.4) is 0 Å². The Kier molecular flexibility index (Phi) is 3.73. The predicted octanol–water partition coefficient (Wildman–Crippen LogP) is 0.710. The van der Waals surface area contributed by atoms with E-state index >= 15 is 0 Å². The Balaban J connectivity index is 2.28. The lowest BCUT2D eigenvalue weighted by Crippen LogP contribution is -2.45. The molecule has 0 radical (unpaired) electrons. The summed E-state index contributed by atoms with van der Waals surface area (Å²) in [5.74, 6) is -3.60. The van der Waals surface area contributed by atoms with Crippen molar-refractivity contribution in [3.63, 3.8) is 0 Å². The molecule has 5 nitrogen and oxygen atoms in total. The number of pyridine rings is 1. The molecule has 2 amide bonds. The van der Waals surface area contributed by atoms with Gasteiger partial charge in [-0.3, -0.25) is 9.59 Å². The van der Waals surface area contributed by atoms with Crippen molar-refractivity contribution in [1.29, 1.82) is 0 Å². The zero-order chi connectivity index (χ0) is 14.0. The molecule has 1 unspecified atom stereocenters. The van der Waals surface area contributed by atoms with Gasteiger partial charge in [-0.2, -0.15) is 4.39 Å². The summed E-state index contributed by atoms with van der Waals surface area (Å²) in [4.78, 5) is 28.2. The molecule has 2 heterocycles. The molecule has 19 heavy (non-hydrogen) atoms. The maximum atomic E-state index is 13.5. The Morgan fingerprint density at radius 3 is 2.89 bits per heavy atom. The van der Waals surface area contributed by atoms with Gasteiger partial charge in [0.25, 0.3) is 5.91 Å². The number of nitrogens with zero attached hydrogens (tertiary/aromatic N) is 2. The second-order valence-corrected chi connectivity index (χ2v) is 4.23. The highest BCUT2D eigenvalue weighted by atomic mass is 19.2. The molecule has 0 saturated carbocycles.